The number of hydrogen-bond donors (Lipinski definition) is 4. The van der Waals surface area contributed by atoms with Crippen LogP contribution in [-0.2, 0) is 6.54 Å². The van der Waals surface area contributed by atoms with Gasteiger partial charge in [-0.3, -0.25) is 14.8 Å². The Labute approximate surface area is 212 Å². The molecule has 37 heavy (non-hydrogen) atoms. The molecule has 2 heterocycles. The topological polar surface area (TPSA) is 115 Å². The van der Waals surface area contributed by atoms with Crippen molar-refractivity contribution in [3.8, 4) is 5.75 Å². The Morgan fingerprint density at radius 1 is 1.32 bits per heavy atom. The maximum Gasteiger partial charge on any atom is 0.183 e. The number of carbonyl (C=O) groups is 1. The van der Waals surface area contributed by atoms with E-state index in [-0.39, 0.29) is 35.4 Å². The van der Waals surface area contributed by atoms with Crippen molar-refractivity contribution in [2.75, 3.05) is 7.05 Å². The van der Waals surface area contributed by atoms with Gasteiger partial charge in [-0.1, -0.05) is 0 Å². The average molecular weight is 515 g/mol. The highest BCUT2D eigenvalue weighted by Gasteiger charge is 2.22. The van der Waals surface area contributed by atoms with Crippen molar-refractivity contribution in [1.82, 2.24) is 20.6 Å². The third-order valence-electron chi connectivity index (χ3n) is 5.98. The molecule has 8 nitrogen and oxygen atoms in total. The molecule has 0 radical (unpaired) electrons. The minimum Gasteiger partial charge on any atom is -0.506 e. The summed E-state index contributed by atoms with van der Waals surface area (Å²) in [5.41, 5.74) is 0.857. The van der Waals surface area contributed by atoms with Crippen molar-refractivity contribution >= 4 is 29.7 Å². The third kappa shape index (κ3) is 7.50. The second kappa shape index (κ2) is 13.4. The van der Waals surface area contributed by atoms with E-state index in [1.165, 1.54) is 18.3 Å². The number of nitrogens with one attached hydrogen (secondary N) is 3. The second-order valence-electron chi connectivity index (χ2n) is 8.47. The van der Waals surface area contributed by atoms with Gasteiger partial charge in [-0.15, -0.1) is 0 Å². The predicted molar refractivity (Wildman–Crippen MR) is 138 cm³/mol. The lowest BCUT2D eigenvalue weighted by Crippen LogP contribution is -2.43. The molecule has 196 valence electrons. The zero-order valence-corrected chi connectivity index (χ0v) is 20.3. The van der Waals surface area contributed by atoms with Gasteiger partial charge in [0.2, 0.25) is 0 Å². The highest BCUT2D eigenvalue weighted by molar-refractivity contribution is 5.96. The molecule has 4 rings (SSSR count). The van der Waals surface area contributed by atoms with E-state index < -0.39 is 17.5 Å². The van der Waals surface area contributed by atoms with Gasteiger partial charge in [0.15, 0.2) is 17.9 Å². The highest BCUT2D eigenvalue weighted by Crippen LogP contribution is 2.24. The second-order valence-corrected chi connectivity index (χ2v) is 8.47. The van der Waals surface area contributed by atoms with Gasteiger partial charge >= 0.3 is 0 Å². The average Bonchev–Trinajstić information content (AvgIpc) is 3.30. The number of amidine groups is 1. The van der Waals surface area contributed by atoms with Crippen LogP contribution >= 0.6 is 0 Å². The number of hydrogen-bond acceptors (Lipinski definition) is 6. The quantitative estimate of drug-likeness (QED) is 0.209. The van der Waals surface area contributed by atoms with Crippen molar-refractivity contribution in [3.63, 3.8) is 0 Å². The van der Waals surface area contributed by atoms with Gasteiger partial charge in [-0.05, 0) is 63.2 Å². The lowest BCUT2D eigenvalue weighted by molar-refractivity contribution is 0.111. The minimum atomic E-state index is -0.675. The standard InChI is InChI=1S/C20H24F3N5.C6H5NO2/c1-24-11-18(23)20(28-15-5-3-4-14(8-15)25-2)27-10-12-9-26-19-16(12)6-13(21)7-17(19)22;8-4-5-6(9)2-1-3-7-5/h6-7,9,11,14-15,25-26H,1,3-5,8,10H2,2H3,(H,27,28);1-4,9H/b18-11+;/t14?,15-;/m0./s1. The molecular weight excluding hydrogens is 485 g/mol. The van der Waals surface area contributed by atoms with E-state index in [2.05, 4.69) is 37.3 Å². The molecule has 1 fully saturated rings. The van der Waals surface area contributed by atoms with Crippen LogP contribution in [0.1, 0.15) is 41.7 Å². The summed E-state index contributed by atoms with van der Waals surface area (Å²) < 4.78 is 41.9. The molecule has 0 aliphatic heterocycles. The Kier molecular flexibility index (Phi) is 9.96. The van der Waals surface area contributed by atoms with Crippen LogP contribution in [0.2, 0.25) is 0 Å². The lowest BCUT2D eigenvalue weighted by atomic mass is 9.91. The van der Waals surface area contributed by atoms with E-state index in [0.717, 1.165) is 37.9 Å². The van der Waals surface area contributed by atoms with Gasteiger partial charge < -0.3 is 20.7 Å². The molecule has 4 N–H and O–H groups in total. The van der Waals surface area contributed by atoms with Crippen LogP contribution in [0.5, 0.6) is 5.75 Å². The van der Waals surface area contributed by atoms with E-state index in [0.29, 0.717) is 23.3 Å². The van der Waals surface area contributed by atoms with Crippen LogP contribution in [0, 0.1) is 11.6 Å². The number of pyridine rings is 1. The number of carbonyl (C=O) groups excluding carboxylic acids is 1. The number of aromatic amines is 1. The van der Waals surface area contributed by atoms with Crippen LogP contribution in [0.25, 0.3) is 10.9 Å². The van der Waals surface area contributed by atoms with Crippen LogP contribution in [-0.4, -0.2) is 53.0 Å². The smallest absolute Gasteiger partial charge is 0.183 e. The monoisotopic (exact) mass is 514 g/mol. The van der Waals surface area contributed by atoms with Crippen LogP contribution in [0.4, 0.5) is 13.2 Å². The predicted octanol–water partition coefficient (Wildman–Crippen LogP) is 4.58. The van der Waals surface area contributed by atoms with Crippen LogP contribution < -0.4 is 10.6 Å². The van der Waals surface area contributed by atoms with Gasteiger partial charge in [0.05, 0.1) is 18.3 Å². The zero-order chi connectivity index (χ0) is 26.8. The number of benzene rings is 1. The summed E-state index contributed by atoms with van der Waals surface area (Å²) in [5, 5.41) is 15.6. The molecule has 1 saturated carbocycles. The number of nitrogens with zero attached hydrogens (tertiary/aromatic N) is 3. The van der Waals surface area contributed by atoms with Gasteiger partial charge in [0.25, 0.3) is 0 Å². The highest BCUT2D eigenvalue weighted by atomic mass is 19.1. The molecule has 2 atom stereocenters. The third-order valence-corrected chi connectivity index (χ3v) is 5.98. The van der Waals surface area contributed by atoms with Gasteiger partial charge in [0.1, 0.15) is 23.1 Å². The number of rotatable bonds is 7. The molecule has 0 saturated heterocycles. The summed E-state index contributed by atoms with van der Waals surface area (Å²) in [6.07, 6.45) is 8.39. The summed E-state index contributed by atoms with van der Waals surface area (Å²) in [6.45, 7) is 3.34. The Morgan fingerprint density at radius 2 is 2.11 bits per heavy atom. The van der Waals surface area contributed by atoms with E-state index in [1.54, 1.807) is 12.3 Å². The van der Waals surface area contributed by atoms with Gasteiger partial charge in [0, 0.05) is 35.9 Å². The number of aromatic nitrogens is 2. The largest absolute Gasteiger partial charge is 0.506 e. The van der Waals surface area contributed by atoms with E-state index in [4.69, 9.17) is 5.11 Å². The van der Waals surface area contributed by atoms with E-state index in [9.17, 15) is 18.0 Å². The normalized spacial score (nSPS) is 18.2. The first-order valence-electron chi connectivity index (χ1n) is 11.7. The van der Waals surface area contributed by atoms with Crippen molar-refractivity contribution in [1.29, 1.82) is 0 Å². The van der Waals surface area contributed by atoms with Crippen molar-refractivity contribution < 1.29 is 23.1 Å². The molecular formula is C26H29F3N6O2. The van der Waals surface area contributed by atoms with E-state index >= 15 is 0 Å². The maximum absolute atomic E-state index is 14.5. The summed E-state index contributed by atoms with van der Waals surface area (Å²) in [6, 6.07) is 5.48. The molecule has 0 amide bonds. The summed E-state index contributed by atoms with van der Waals surface area (Å²) in [5.74, 6) is -1.98. The molecule has 1 aromatic carbocycles. The molecule has 1 unspecified atom stereocenters. The maximum atomic E-state index is 14.5. The number of fused-ring (bicyclic) bond motifs is 1. The van der Waals surface area contributed by atoms with Gasteiger partial charge in [-0.25, -0.2) is 18.2 Å². The van der Waals surface area contributed by atoms with Crippen molar-refractivity contribution in [2.45, 2.75) is 44.3 Å². The first-order chi connectivity index (χ1) is 17.9. The minimum absolute atomic E-state index is 0.0613. The number of aliphatic imine (C=N–C) groups is 2. The molecule has 0 spiro atoms. The molecule has 2 aromatic heterocycles. The Morgan fingerprint density at radius 3 is 2.78 bits per heavy atom. The number of halogens is 3. The molecule has 3 aromatic rings. The first kappa shape index (κ1) is 27.6. The fourth-order valence-electron chi connectivity index (χ4n) is 4.11. The molecule has 1 aliphatic rings. The molecule has 11 heteroatoms. The van der Waals surface area contributed by atoms with E-state index in [1.807, 2.05) is 7.05 Å². The first-order valence-corrected chi connectivity index (χ1v) is 11.7. The van der Waals surface area contributed by atoms with Crippen molar-refractivity contribution in [2.24, 2.45) is 9.98 Å². The van der Waals surface area contributed by atoms with Crippen LogP contribution in [0.3, 0.4) is 0 Å². The van der Waals surface area contributed by atoms with Crippen molar-refractivity contribution in [3.05, 3.63) is 71.6 Å². The molecule has 0 bridgehead atoms. The van der Waals surface area contributed by atoms with Gasteiger partial charge in [-0.2, -0.15) is 0 Å². The Hall–Kier alpha value is -3.99. The Balaban J connectivity index is 0.000000356. The summed E-state index contributed by atoms with van der Waals surface area (Å²) in [4.78, 5) is 24.2. The summed E-state index contributed by atoms with van der Waals surface area (Å²) in [7, 11) is 1.92. The number of H-pyrrole nitrogens is 1. The number of aromatic hydroxyl groups is 1. The zero-order valence-electron chi connectivity index (χ0n) is 20.3. The number of aldehydes is 1. The fraction of sp³-hybridized carbons (Fsp3) is 0.308. The summed E-state index contributed by atoms with van der Waals surface area (Å²) >= 11 is 0. The lowest BCUT2D eigenvalue weighted by Gasteiger charge is -2.30. The fourth-order valence-corrected chi connectivity index (χ4v) is 4.11. The molecule has 1 aliphatic carbocycles. The Bertz CT molecular complexity index is 1290. The van der Waals surface area contributed by atoms with Crippen LogP contribution in [0.15, 0.2) is 58.7 Å². The SMILES string of the molecule is C=N/C=C(/F)C(=NCc1c[nH]c2c(F)cc(F)cc12)N[C@H]1CCCC(NC)C1.O=Cc1ncccc1O.